The second-order valence-corrected chi connectivity index (χ2v) is 5.40. The summed E-state index contributed by atoms with van der Waals surface area (Å²) in [6.07, 6.45) is 0. The van der Waals surface area contributed by atoms with Gasteiger partial charge >= 0.3 is 0 Å². The standard InChI is InChI=1S/C13H8Cl2N2OS/c14-10-3-9(4-11(15)5-10)13(18)17-12(6-16)8-1-2-19-7-8/h1-5,7,12H,(H,17,18). The zero-order valence-corrected chi connectivity index (χ0v) is 11.9. The summed E-state index contributed by atoms with van der Waals surface area (Å²) < 4.78 is 0. The Morgan fingerprint density at radius 1 is 1.32 bits per heavy atom. The number of carbonyl (C=O) groups is 1. The first-order valence-electron chi connectivity index (χ1n) is 5.29. The molecule has 0 aliphatic carbocycles. The van der Waals surface area contributed by atoms with Gasteiger partial charge in [0, 0.05) is 15.6 Å². The highest BCUT2D eigenvalue weighted by Gasteiger charge is 2.16. The van der Waals surface area contributed by atoms with Crippen LogP contribution in [0.15, 0.2) is 35.0 Å². The molecule has 2 aromatic rings. The van der Waals surface area contributed by atoms with E-state index in [1.54, 1.807) is 12.1 Å². The summed E-state index contributed by atoms with van der Waals surface area (Å²) in [7, 11) is 0. The van der Waals surface area contributed by atoms with Crippen molar-refractivity contribution in [2.75, 3.05) is 0 Å². The van der Waals surface area contributed by atoms with Crippen molar-refractivity contribution in [3.8, 4) is 6.07 Å². The second kappa shape index (κ2) is 6.07. The molecule has 1 amide bonds. The van der Waals surface area contributed by atoms with Crippen molar-refractivity contribution < 1.29 is 4.79 Å². The van der Waals surface area contributed by atoms with E-state index >= 15 is 0 Å². The summed E-state index contributed by atoms with van der Waals surface area (Å²) >= 11 is 13.1. The van der Waals surface area contributed by atoms with Gasteiger partial charge in [0.2, 0.25) is 0 Å². The van der Waals surface area contributed by atoms with Crippen LogP contribution in [0.1, 0.15) is 22.0 Å². The van der Waals surface area contributed by atoms with Gasteiger partial charge in [0.25, 0.3) is 5.91 Å². The van der Waals surface area contributed by atoms with E-state index in [0.717, 1.165) is 5.56 Å². The summed E-state index contributed by atoms with van der Waals surface area (Å²) in [4.78, 5) is 12.0. The molecule has 96 valence electrons. The Morgan fingerprint density at radius 2 is 2.00 bits per heavy atom. The fourth-order valence-corrected chi connectivity index (χ4v) is 2.74. The Morgan fingerprint density at radius 3 is 2.53 bits per heavy atom. The third-order valence-corrected chi connectivity index (χ3v) is 3.54. The molecule has 1 N–H and O–H groups in total. The van der Waals surface area contributed by atoms with Crippen LogP contribution >= 0.6 is 34.5 Å². The molecule has 0 fully saturated rings. The smallest absolute Gasteiger partial charge is 0.252 e. The molecule has 1 unspecified atom stereocenters. The Kier molecular flexibility index (Phi) is 4.43. The SMILES string of the molecule is N#CC(NC(=O)c1cc(Cl)cc(Cl)c1)c1ccsc1. The maximum atomic E-state index is 12.0. The lowest BCUT2D eigenvalue weighted by Gasteiger charge is -2.10. The molecule has 0 radical (unpaired) electrons. The molecule has 6 heteroatoms. The first-order chi connectivity index (χ1) is 9.10. The molecule has 0 aliphatic heterocycles. The molecule has 0 bridgehead atoms. The van der Waals surface area contributed by atoms with Gasteiger partial charge < -0.3 is 5.32 Å². The molecule has 2 rings (SSSR count). The lowest BCUT2D eigenvalue weighted by molar-refractivity contribution is 0.0945. The Balaban J connectivity index is 2.19. The highest BCUT2D eigenvalue weighted by atomic mass is 35.5. The van der Waals surface area contributed by atoms with E-state index in [-0.39, 0.29) is 5.91 Å². The fourth-order valence-electron chi connectivity index (χ4n) is 1.53. The maximum Gasteiger partial charge on any atom is 0.252 e. The van der Waals surface area contributed by atoms with Crippen molar-refractivity contribution >= 4 is 40.4 Å². The maximum absolute atomic E-state index is 12.0. The highest BCUT2D eigenvalue weighted by Crippen LogP contribution is 2.20. The van der Waals surface area contributed by atoms with Crippen LogP contribution in [0, 0.1) is 11.3 Å². The lowest BCUT2D eigenvalue weighted by atomic mass is 10.1. The molecule has 0 aliphatic rings. The van der Waals surface area contributed by atoms with Crippen molar-refractivity contribution in [3.05, 3.63) is 56.2 Å². The van der Waals surface area contributed by atoms with Crippen LogP contribution in [0.2, 0.25) is 10.0 Å². The quantitative estimate of drug-likeness (QED) is 0.929. The molecular formula is C13H8Cl2N2OS. The van der Waals surface area contributed by atoms with Crippen LogP contribution in [-0.4, -0.2) is 5.91 Å². The van der Waals surface area contributed by atoms with Crippen LogP contribution in [0.5, 0.6) is 0 Å². The summed E-state index contributed by atoms with van der Waals surface area (Å²) in [5.74, 6) is -0.387. The van der Waals surface area contributed by atoms with Gasteiger partial charge in [0.1, 0.15) is 6.04 Å². The Hall–Kier alpha value is -1.54. The summed E-state index contributed by atoms with van der Waals surface area (Å²) in [5, 5.41) is 16.1. The van der Waals surface area contributed by atoms with Gasteiger partial charge in [-0.1, -0.05) is 23.2 Å². The molecule has 3 nitrogen and oxygen atoms in total. The van der Waals surface area contributed by atoms with E-state index in [9.17, 15) is 4.79 Å². The molecule has 0 spiro atoms. The molecule has 0 saturated heterocycles. The predicted octanol–water partition coefficient (Wildman–Crippen LogP) is 4.05. The van der Waals surface area contributed by atoms with Gasteiger partial charge in [-0.2, -0.15) is 16.6 Å². The summed E-state index contributed by atoms with van der Waals surface area (Å²) in [6, 6.07) is 7.71. The summed E-state index contributed by atoms with van der Waals surface area (Å²) in [5.41, 5.74) is 1.09. The van der Waals surface area contributed by atoms with Crippen molar-refractivity contribution in [2.45, 2.75) is 6.04 Å². The van der Waals surface area contributed by atoms with Crippen molar-refractivity contribution in [1.29, 1.82) is 5.26 Å². The van der Waals surface area contributed by atoms with Gasteiger partial charge in [0.05, 0.1) is 6.07 Å². The molecule has 1 aromatic carbocycles. The molecule has 0 saturated carbocycles. The number of nitrogens with one attached hydrogen (secondary N) is 1. The number of hydrogen-bond donors (Lipinski definition) is 1. The number of thiophene rings is 1. The molecule has 1 heterocycles. The number of hydrogen-bond acceptors (Lipinski definition) is 3. The molecule has 19 heavy (non-hydrogen) atoms. The van der Waals surface area contributed by atoms with Gasteiger partial charge in [-0.3, -0.25) is 4.79 Å². The predicted molar refractivity (Wildman–Crippen MR) is 76.6 cm³/mol. The highest BCUT2D eigenvalue weighted by molar-refractivity contribution is 7.08. The number of carbonyl (C=O) groups excluding carboxylic acids is 1. The fraction of sp³-hybridized carbons (Fsp3) is 0.0769. The summed E-state index contributed by atoms with van der Waals surface area (Å²) in [6.45, 7) is 0. The van der Waals surface area contributed by atoms with Gasteiger partial charge in [-0.25, -0.2) is 0 Å². The molecular weight excluding hydrogens is 303 g/mol. The van der Waals surface area contributed by atoms with Crippen LogP contribution in [0.3, 0.4) is 0 Å². The molecule has 1 atom stereocenters. The van der Waals surface area contributed by atoms with E-state index in [2.05, 4.69) is 5.32 Å². The van der Waals surface area contributed by atoms with Gasteiger partial charge in [-0.15, -0.1) is 0 Å². The molecule has 1 aromatic heterocycles. The van der Waals surface area contributed by atoms with Crippen LogP contribution in [-0.2, 0) is 0 Å². The normalized spacial score (nSPS) is 11.6. The number of nitriles is 1. The van der Waals surface area contributed by atoms with Crippen molar-refractivity contribution in [3.63, 3.8) is 0 Å². The van der Waals surface area contributed by atoms with E-state index < -0.39 is 6.04 Å². The average molecular weight is 311 g/mol. The van der Waals surface area contributed by atoms with E-state index in [0.29, 0.717) is 15.6 Å². The number of halogens is 2. The number of benzene rings is 1. The topological polar surface area (TPSA) is 52.9 Å². The third kappa shape index (κ3) is 3.48. The van der Waals surface area contributed by atoms with Crippen LogP contribution in [0.4, 0.5) is 0 Å². The largest absolute Gasteiger partial charge is 0.332 e. The second-order valence-electron chi connectivity index (χ2n) is 3.75. The monoisotopic (exact) mass is 310 g/mol. The zero-order valence-electron chi connectivity index (χ0n) is 9.56. The van der Waals surface area contributed by atoms with Crippen molar-refractivity contribution in [1.82, 2.24) is 5.32 Å². The third-order valence-electron chi connectivity index (χ3n) is 2.41. The minimum atomic E-state index is -0.684. The minimum absolute atomic E-state index is 0.327. The number of nitrogens with zero attached hydrogens (tertiary/aromatic N) is 1. The Bertz CT molecular complexity index is 614. The first kappa shape index (κ1) is 13.9. The number of rotatable bonds is 3. The zero-order chi connectivity index (χ0) is 13.8. The first-order valence-corrected chi connectivity index (χ1v) is 6.98. The average Bonchev–Trinajstić information content (AvgIpc) is 2.88. The van der Waals surface area contributed by atoms with Crippen molar-refractivity contribution in [2.24, 2.45) is 0 Å². The Labute approximate surface area is 124 Å². The van der Waals surface area contributed by atoms with Crippen LogP contribution < -0.4 is 5.32 Å². The van der Waals surface area contributed by atoms with E-state index in [4.69, 9.17) is 28.5 Å². The van der Waals surface area contributed by atoms with Gasteiger partial charge in [0.15, 0.2) is 0 Å². The van der Waals surface area contributed by atoms with Gasteiger partial charge in [-0.05, 0) is 40.6 Å². The number of amides is 1. The lowest BCUT2D eigenvalue weighted by Crippen LogP contribution is -2.27. The van der Waals surface area contributed by atoms with E-state index in [1.165, 1.54) is 23.5 Å². The van der Waals surface area contributed by atoms with E-state index in [1.807, 2.05) is 16.8 Å². The van der Waals surface area contributed by atoms with Crippen LogP contribution in [0.25, 0.3) is 0 Å². The minimum Gasteiger partial charge on any atom is -0.332 e.